The van der Waals surface area contributed by atoms with E-state index >= 15 is 0 Å². The summed E-state index contributed by atoms with van der Waals surface area (Å²) in [6.45, 7) is 4.52. The van der Waals surface area contributed by atoms with Gasteiger partial charge in [0, 0.05) is 19.0 Å². The maximum Gasteiger partial charge on any atom is 0.407 e. The fraction of sp³-hybridized carbons (Fsp3) is 0.667. The smallest absolute Gasteiger partial charge is 0.407 e. The third kappa shape index (κ3) is 2.45. The molecule has 1 unspecified atom stereocenters. The summed E-state index contributed by atoms with van der Waals surface area (Å²) < 4.78 is 0. The van der Waals surface area contributed by atoms with Crippen molar-refractivity contribution in [3.63, 3.8) is 0 Å². The van der Waals surface area contributed by atoms with Crippen molar-refractivity contribution in [2.75, 3.05) is 13.1 Å². The Morgan fingerprint density at radius 1 is 1.77 bits per heavy atom. The van der Waals surface area contributed by atoms with E-state index in [1.54, 1.807) is 6.08 Å². The van der Waals surface area contributed by atoms with Gasteiger partial charge in [-0.1, -0.05) is 6.08 Å². The number of carboxylic acid groups (broad SMARTS) is 1. The monoisotopic (exact) mass is 185 g/mol. The van der Waals surface area contributed by atoms with Crippen molar-refractivity contribution in [1.82, 2.24) is 4.90 Å². The molecule has 2 N–H and O–H groups in total. The van der Waals surface area contributed by atoms with E-state index in [0.29, 0.717) is 19.5 Å². The quantitative estimate of drug-likeness (QED) is 0.643. The van der Waals surface area contributed by atoms with Crippen LogP contribution in [0.1, 0.15) is 12.8 Å². The van der Waals surface area contributed by atoms with Gasteiger partial charge in [0.15, 0.2) is 0 Å². The number of nitrogens with zero attached hydrogens (tertiary/aromatic N) is 1. The standard InChI is InChI=1S/C9H15NO3/c1-2-3-8(11)7-4-5-10(6-7)9(12)13/h2,7-8,11H,1,3-6H2,(H,12,13)/t7-,8?/m0/s1. The third-order valence-corrected chi connectivity index (χ3v) is 2.45. The zero-order valence-corrected chi connectivity index (χ0v) is 7.52. The Labute approximate surface area is 77.5 Å². The fourth-order valence-electron chi connectivity index (χ4n) is 1.64. The highest BCUT2D eigenvalue weighted by Gasteiger charge is 2.29. The highest BCUT2D eigenvalue weighted by molar-refractivity contribution is 5.65. The Bertz CT molecular complexity index is 205. The second kappa shape index (κ2) is 4.28. The van der Waals surface area contributed by atoms with Crippen LogP contribution < -0.4 is 0 Å². The number of aliphatic hydroxyl groups excluding tert-OH is 1. The lowest BCUT2D eigenvalue weighted by atomic mass is 9.99. The summed E-state index contributed by atoms with van der Waals surface area (Å²) in [4.78, 5) is 11.9. The van der Waals surface area contributed by atoms with E-state index in [2.05, 4.69) is 6.58 Å². The molecular formula is C9H15NO3. The Morgan fingerprint density at radius 2 is 2.46 bits per heavy atom. The molecule has 1 aliphatic heterocycles. The highest BCUT2D eigenvalue weighted by atomic mass is 16.4. The Kier molecular flexibility index (Phi) is 3.31. The first-order valence-corrected chi connectivity index (χ1v) is 4.42. The predicted octanol–water partition coefficient (Wildman–Crippen LogP) is 0.923. The van der Waals surface area contributed by atoms with Gasteiger partial charge in [0.05, 0.1) is 6.10 Å². The van der Waals surface area contributed by atoms with Crippen LogP contribution in [0.5, 0.6) is 0 Å². The topological polar surface area (TPSA) is 60.8 Å². The molecule has 1 rings (SSSR count). The summed E-state index contributed by atoms with van der Waals surface area (Å²) in [5.41, 5.74) is 0. The van der Waals surface area contributed by atoms with Crippen molar-refractivity contribution < 1.29 is 15.0 Å². The number of likely N-dealkylation sites (tertiary alicyclic amines) is 1. The molecule has 4 heteroatoms. The number of hydrogen-bond acceptors (Lipinski definition) is 2. The van der Waals surface area contributed by atoms with Crippen LogP contribution in [0.25, 0.3) is 0 Å². The van der Waals surface area contributed by atoms with Crippen molar-refractivity contribution >= 4 is 6.09 Å². The normalized spacial score (nSPS) is 24.4. The van der Waals surface area contributed by atoms with Crippen LogP contribution in [0.15, 0.2) is 12.7 Å². The molecule has 2 atom stereocenters. The molecule has 74 valence electrons. The van der Waals surface area contributed by atoms with Gasteiger partial charge in [-0.25, -0.2) is 4.79 Å². The Hall–Kier alpha value is -1.03. The van der Waals surface area contributed by atoms with Crippen LogP contribution in [0.2, 0.25) is 0 Å². The zero-order valence-electron chi connectivity index (χ0n) is 7.52. The van der Waals surface area contributed by atoms with Crippen LogP contribution in [0.3, 0.4) is 0 Å². The van der Waals surface area contributed by atoms with Crippen molar-refractivity contribution in [2.45, 2.75) is 18.9 Å². The molecule has 1 aliphatic rings. The van der Waals surface area contributed by atoms with Crippen LogP contribution in [-0.2, 0) is 0 Å². The lowest BCUT2D eigenvalue weighted by Gasteiger charge is -2.16. The number of aliphatic hydroxyl groups is 1. The van der Waals surface area contributed by atoms with Gasteiger partial charge in [-0.15, -0.1) is 6.58 Å². The van der Waals surface area contributed by atoms with Crippen molar-refractivity contribution in [2.24, 2.45) is 5.92 Å². The third-order valence-electron chi connectivity index (χ3n) is 2.45. The van der Waals surface area contributed by atoms with E-state index in [-0.39, 0.29) is 5.92 Å². The van der Waals surface area contributed by atoms with E-state index in [9.17, 15) is 9.90 Å². The average molecular weight is 185 g/mol. The summed E-state index contributed by atoms with van der Waals surface area (Å²) in [6.07, 6.45) is 1.61. The van der Waals surface area contributed by atoms with E-state index in [0.717, 1.165) is 6.42 Å². The van der Waals surface area contributed by atoms with Gasteiger partial charge in [0.1, 0.15) is 0 Å². The predicted molar refractivity (Wildman–Crippen MR) is 48.5 cm³/mol. The van der Waals surface area contributed by atoms with E-state index in [1.165, 1.54) is 4.90 Å². The lowest BCUT2D eigenvalue weighted by molar-refractivity contribution is 0.109. The molecule has 0 aromatic heterocycles. The van der Waals surface area contributed by atoms with Gasteiger partial charge in [-0.2, -0.15) is 0 Å². The van der Waals surface area contributed by atoms with Crippen LogP contribution in [-0.4, -0.2) is 40.4 Å². The molecule has 0 spiro atoms. The summed E-state index contributed by atoms with van der Waals surface area (Å²) in [6, 6.07) is 0. The zero-order chi connectivity index (χ0) is 9.84. The van der Waals surface area contributed by atoms with E-state index < -0.39 is 12.2 Å². The molecule has 1 saturated heterocycles. The summed E-state index contributed by atoms with van der Waals surface area (Å²) in [5, 5.41) is 18.2. The minimum Gasteiger partial charge on any atom is -0.465 e. The first-order valence-electron chi connectivity index (χ1n) is 4.42. The van der Waals surface area contributed by atoms with Gasteiger partial charge >= 0.3 is 6.09 Å². The van der Waals surface area contributed by atoms with E-state index in [1.807, 2.05) is 0 Å². The van der Waals surface area contributed by atoms with Gasteiger partial charge in [-0.05, 0) is 12.8 Å². The largest absolute Gasteiger partial charge is 0.465 e. The van der Waals surface area contributed by atoms with Crippen LogP contribution in [0, 0.1) is 5.92 Å². The lowest BCUT2D eigenvalue weighted by Crippen LogP contribution is -2.29. The maximum absolute atomic E-state index is 10.6. The molecule has 0 radical (unpaired) electrons. The number of hydrogen-bond donors (Lipinski definition) is 2. The van der Waals surface area contributed by atoms with Crippen LogP contribution in [0.4, 0.5) is 4.79 Å². The van der Waals surface area contributed by atoms with Gasteiger partial charge in [-0.3, -0.25) is 0 Å². The summed E-state index contributed by atoms with van der Waals surface area (Å²) >= 11 is 0. The molecule has 0 aromatic rings. The summed E-state index contributed by atoms with van der Waals surface area (Å²) in [7, 11) is 0. The van der Waals surface area contributed by atoms with Crippen molar-refractivity contribution in [3.8, 4) is 0 Å². The molecule has 1 amide bonds. The molecule has 13 heavy (non-hydrogen) atoms. The van der Waals surface area contributed by atoms with Gasteiger partial charge < -0.3 is 15.1 Å². The molecule has 1 fully saturated rings. The minimum absolute atomic E-state index is 0.0779. The molecule has 0 aliphatic carbocycles. The van der Waals surface area contributed by atoms with Gasteiger partial charge in [0.25, 0.3) is 0 Å². The molecule has 4 nitrogen and oxygen atoms in total. The van der Waals surface area contributed by atoms with E-state index in [4.69, 9.17) is 5.11 Å². The minimum atomic E-state index is -0.895. The first-order chi connectivity index (χ1) is 6.15. The SMILES string of the molecule is C=CCC(O)[C@H]1CCN(C(=O)O)C1. The first kappa shape index (κ1) is 10.1. The molecule has 1 heterocycles. The molecule has 0 saturated carbocycles. The van der Waals surface area contributed by atoms with Crippen LogP contribution >= 0.6 is 0 Å². The Morgan fingerprint density at radius 3 is 2.92 bits per heavy atom. The highest BCUT2D eigenvalue weighted by Crippen LogP contribution is 2.21. The molecule has 0 bridgehead atoms. The summed E-state index contributed by atoms with van der Waals surface area (Å²) in [5.74, 6) is 0.0779. The second-order valence-electron chi connectivity index (χ2n) is 3.37. The number of amides is 1. The maximum atomic E-state index is 10.6. The number of carbonyl (C=O) groups is 1. The van der Waals surface area contributed by atoms with Crippen molar-refractivity contribution in [1.29, 1.82) is 0 Å². The second-order valence-corrected chi connectivity index (χ2v) is 3.37. The Balaban J connectivity index is 2.40. The van der Waals surface area contributed by atoms with Crippen molar-refractivity contribution in [3.05, 3.63) is 12.7 Å². The number of rotatable bonds is 3. The molecular weight excluding hydrogens is 170 g/mol. The molecule has 0 aromatic carbocycles. The van der Waals surface area contributed by atoms with Gasteiger partial charge in [0.2, 0.25) is 0 Å². The fourth-order valence-corrected chi connectivity index (χ4v) is 1.64. The average Bonchev–Trinajstić information content (AvgIpc) is 2.52.